The molecule has 1 rings (SSSR count). The fourth-order valence-corrected chi connectivity index (χ4v) is 1.79. The maximum atomic E-state index is 12.5. The third kappa shape index (κ3) is 1.31. The first-order valence-electron chi connectivity index (χ1n) is 4.07. The molecule has 1 saturated carbocycles. The van der Waals surface area contributed by atoms with Crippen LogP contribution < -0.4 is 0 Å². The predicted octanol–water partition coefficient (Wildman–Crippen LogP) is 0.960. The molecule has 1 fully saturated rings. The number of carboxylic acids is 1. The van der Waals surface area contributed by atoms with Gasteiger partial charge in [-0.1, -0.05) is 6.92 Å². The van der Waals surface area contributed by atoms with Crippen molar-refractivity contribution < 1.29 is 19.4 Å². The number of aliphatic carboxylic acids is 1. The summed E-state index contributed by atoms with van der Waals surface area (Å²) >= 11 is 0. The Kier molecular flexibility index (Phi) is 2.37. The molecule has 0 aromatic rings. The van der Waals surface area contributed by atoms with E-state index >= 15 is 0 Å². The minimum atomic E-state index is -1.41. The average molecular weight is 176 g/mol. The summed E-state index contributed by atoms with van der Waals surface area (Å²) in [6.45, 7) is 1.78. The maximum Gasteiger partial charge on any atom is 0.333 e. The van der Waals surface area contributed by atoms with Crippen LogP contribution in [-0.2, 0) is 4.79 Å². The molecule has 0 bridgehead atoms. The van der Waals surface area contributed by atoms with E-state index in [-0.39, 0.29) is 12.8 Å². The number of hydrogen-bond acceptors (Lipinski definition) is 2. The van der Waals surface area contributed by atoms with E-state index in [0.29, 0.717) is 6.42 Å². The van der Waals surface area contributed by atoms with Crippen LogP contribution >= 0.6 is 0 Å². The topological polar surface area (TPSA) is 57.5 Å². The number of alkyl halides is 1. The number of carbonyl (C=O) groups is 1. The van der Waals surface area contributed by atoms with Gasteiger partial charge in [-0.15, -0.1) is 0 Å². The molecule has 0 heterocycles. The fourth-order valence-electron chi connectivity index (χ4n) is 1.79. The molecule has 0 amide bonds. The first-order valence-corrected chi connectivity index (χ1v) is 4.07. The molecule has 0 spiro atoms. The van der Waals surface area contributed by atoms with E-state index in [1.165, 1.54) is 0 Å². The molecule has 1 unspecified atom stereocenters. The smallest absolute Gasteiger partial charge is 0.333 e. The van der Waals surface area contributed by atoms with E-state index in [9.17, 15) is 14.3 Å². The van der Waals surface area contributed by atoms with Crippen molar-refractivity contribution in [2.24, 2.45) is 5.41 Å². The van der Waals surface area contributed by atoms with Gasteiger partial charge < -0.3 is 10.2 Å². The highest BCUT2D eigenvalue weighted by Gasteiger charge is 2.51. The van der Waals surface area contributed by atoms with E-state index in [1.54, 1.807) is 6.92 Å². The molecule has 1 aliphatic carbocycles. The molecule has 0 aromatic heterocycles. The Labute approximate surface area is 70.2 Å². The normalized spacial score (nSPS) is 37.1. The maximum absolute atomic E-state index is 12.5. The summed E-state index contributed by atoms with van der Waals surface area (Å²) in [6.07, 6.45) is -1.47. The molecular weight excluding hydrogens is 163 g/mol. The van der Waals surface area contributed by atoms with Gasteiger partial charge in [-0.05, 0) is 19.3 Å². The Morgan fingerprint density at radius 2 is 2.25 bits per heavy atom. The molecular formula is C8H13FO3. The van der Waals surface area contributed by atoms with Gasteiger partial charge in [-0.2, -0.15) is 0 Å². The molecule has 0 aliphatic heterocycles. The Balaban J connectivity index is 2.63. The lowest BCUT2D eigenvalue weighted by atomic mass is 9.62. The zero-order chi connectivity index (χ0) is 9.35. The van der Waals surface area contributed by atoms with Gasteiger partial charge in [0.2, 0.25) is 0 Å². The van der Waals surface area contributed by atoms with Gasteiger partial charge in [0.15, 0.2) is 6.10 Å². The quantitative estimate of drug-likeness (QED) is 0.673. The lowest BCUT2D eigenvalue weighted by molar-refractivity contribution is -0.164. The van der Waals surface area contributed by atoms with E-state index in [4.69, 9.17) is 5.11 Å². The lowest BCUT2D eigenvalue weighted by Crippen LogP contribution is -2.50. The van der Waals surface area contributed by atoms with Gasteiger partial charge in [-0.3, -0.25) is 0 Å². The summed E-state index contributed by atoms with van der Waals surface area (Å²) in [5, 5.41) is 17.8. The predicted molar refractivity (Wildman–Crippen MR) is 40.5 cm³/mol. The van der Waals surface area contributed by atoms with Gasteiger partial charge in [-0.25, -0.2) is 9.18 Å². The van der Waals surface area contributed by atoms with Crippen molar-refractivity contribution in [2.45, 2.75) is 38.5 Å². The monoisotopic (exact) mass is 176 g/mol. The number of halogens is 1. The molecule has 0 radical (unpaired) electrons. The summed E-state index contributed by atoms with van der Waals surface area (Å²) in [4.78, 5) is 10.4. The van der Waals surface area contributed by atoms with Crippen LogP contribution in [0.5, 0.6) is 0 Å². The molecule has 0 saturated heterocycles. The first-order chi connectivity index (χ1) is 5.52. The second-order valence-corrected chi connectivity index (χ2v) is 3.46. The number of aliphatic hydroxyl groups is 1. The summed E-state index contributed by atoms with van der Waals surface area (Å²) in [5.74, 6) is -1.25. The van der Waals surface area contributed by atoms with Crippen molar-refractivity contribution in [3.05, 3.63) is 0 Å². The van der Waals surface area contributed by atoms with Crippen LogP contribution in [0.1, 0.15) is 26.2 Å². The second-order valence-electron chi connectivity index (χ2n) is 3.46. The third-order valence-electron chi connectivity index (χ3n) is 2.77. The van der Waals surface area contributed by atoms with Gasteiger partial charge in [0.1, 0.15) is 6.17 Å². The fraction of sp³-hybridized carbons (Fsp3) is 0.875. The molecule has 0 aromatic carbocycles. The zero-order valence-corrected chi connectivity index (χ0v) is 6.96. The molecule has 1 atom stereocenters. The standard InChI is InChI=1S/C8H13FO3/c1-2-8(3-5(9)4-8)6(10)7(11)12/h5-6,10H,2-4H2,1H3,(H,11,12). The largest absolute Gasteiger partial charge is 0.479 e. The van der Waals surface area contributed by atoms with Crippen molar-refractivity contribution in [2.75, 3.05) is 0 Å². The van der Waals surface area contributed by atoms with Crippen molar-refractivity contribution in [3.63, 3.8) is 0 Å². The van der Waals surface area contributed by atoms with E-state index in [2.05, 4.69) is 0 Å². The van der Waals surface area contributed by atoms with E-state index < -0.39 is 23.7 Å². The highest BCUT2D eigenvalue weighted by atomic mass is 19.1. The van der Waals surface area contributed by atoms with E-state index in [1.807, 2.05) is 0 Å². The minimum Gasteiger partial charge on any atom is -0.479 e. The van der Waals surface area contributed by atoms with Crippen LogP contribution in [0.25, 0.3) is 0 Å². The van der Waals surface area contributed by atoms with Crippen molar-refractivity contribution in [1.29, 1.82) is 0 Å². The minimum absolute atomic E-state index is 0.178. The van der Waals surface area contributed by atoms with Crippen LogP contribution in [0.3, 0.4) is 0 Å². The van der Waals surface area contributed by atoms with Crippen LogP contribution in [-0.4, -0.2) is 28.5 Å². The summed E-state index contributed by atoms with van der Waals surface area (Å²) in [5.41, 5.74) is -0.703. The number of aliphatic hydroxyl groups excluding tert-OH is 1. The highest BCUT2D eigenvalue weighted by molar-refractivity contribution is 5.73. The highest BCUT2D eigenvalue weighted by Crippen LogP contribution is 2.48. The lowest BCUT2D eigenvalue weighted by Gasteiger charge is -2.45. The van der Waals surface area contributed by atoms with Crippen molar-refractivity contribution in [1.82, 2.24) is 0 Å². The summed E-state index contributed by atoms with van der Waals surface area (Å²) < 4.78 is 12.5. The molecule has 1 aliphatic rings. The third-order valence-corrected chi connectivity index (χ3v) is 2.77. The Bertz CT molecular complexity index is 187. The number of hydrogen-bond donors (Lipinski definition) is 2. The molecule has 3 nitrogen and oxygen atoms in total. The Morgan fingerprint density at radius 3 is 2.50 bits per heavy atom. The summed E-state index contributed by atoms with van der Waals surface area (Å²) in [6, 6.07) is 0. The molecule has 2 N–H and O–H groups in total. The first kappa shape index (κ1) is 9.45. The molecule has 12 heavy (non-hydrogen) atoms. The van der Waals surface area contributed by atoms with Crippen LogP contribution in [0, 0.1) is 5.41 Å². The van der Waals surface area contributed by atoms with Gasteiger partial charge in [0, 0.05) is 5.41 Å². The zero-order valence-electron chi connectivity index (χ0n) is 6.96. The number of carboxylic acid groups (broad SMARTS) is 1. The van der Waals surface area contributed by atoms with Crippen LogP contribution in [0.2, 0.25) is 0 Å². The van der Waals surface area contributed by atoms with Gasteiger partial charge >= 0.3 is 5.97 Å². The van der Waals surface area contributed by atoms with Crippen LogP contribution in [0.15, 0.2) is 0 Å². The van der Waals surface area contributed by atoms with Gasteiger partial charge in [0.25, 0.3) is 0 Å². The number of rotatable bonds is 3. The van der Waals surface area contributed by atoms with Gasteiger partial charge in [0.05, 0.1) is 0 Å². The van der Waals surface area contributed by atoms with E-state index in [0.717, 1.165) is 0 Å². The average Bonchev–Trinajstić information content (AvgIpc) is 1.96. The summed E-state index contributed by atoms with van der Waals surface area (Å²) in [7, 11) is 0. The SMILES string of the molecule is CCC1(C(O)C(=O)O)CC(F)C1. The Hall–Kier alpha value is -0.640. The second kappa shape index (κ2) is 3.01. The Morgan fingerprint density at radius 1 is 1.75 bits per heavy atom. The van der Waals surface area contributed by atoms with Crippen molar-refractivity contribution in [3.8, 4) is 0 Å². The van der Waals surface area contributed by atoms with Crippen LogP contribution in [0.4, 0.5) is 4.39 Å². The van der Waals surface area contributed by atoms with Crippen molar-refractivity contribution >= 4 is 5.97 Å². The molecule has 4 heteroatoms. The molecule has 70 valence electrons.